The van der Waals surface area contributed by atoms with Crippen molar-refractivity contribution in [1.82, 2.24) is 4.72 Å². The molecule has 0 bridgehead atoms. The molecular weight excluding hydrogens is 436 g/mol. The fraction of sp³-hybridized carbons (Fsp3) is 0.364. The van der Waals surface area contributed by atoms with E-state index in [0.29, 0.717) is 24.3 Å². The molecule has 3 N–H and O–H groups in total. The second-order valence-electron chi connectivity index (χ2n) is 7.37. The van der Waals surface area contributed by atoms with Crippen LogP contribution in [0, 0.1) is 0 Å². The lowest BCUT2D eigenvalue weighted by Crippen LogP contribution is -2.47. The smallest absolute Gasteiger partial charge is 0.307 e. The van der Waals surface area contributed by atoms with Crippen molar-refractivity contribution in [2.45, 2.75) is 42.9 Å². The van der Waals surface area contributed by atoms with Gasteiger partial charge in [-0.25, -0.2) is 8.42 Å². The molecule has 1 aliphatic heterocycles. The molecule has 2 aromatic rings. The van der Waals surface area contributed by atoms with Crippen LogP contribution in [0.3, 0.4) is 0 Å². The van der Waals surface area contributed by atoms with E-state index in [0.717, 1.165) is 12.8 Å². The SMILES string of the molecule is O=C(O)Cc1ccc(NC(=O)C(COC2CCCCO2)NS(=O)(=O)c2ccccc2)cc1. The van der Waals surface area contributed by atoms with Crippen molar-refractivity contribution in [1.29, 1.82) is 0 Å². The van der Waals surface area contributed by atoms with Crippen LogP contribution in [0.15, 0.2) is 59.5 Å². The zero-order chi connectivity index (χ0) is 23.0. The largest absolute Gasteiger partial charge is 0.481 e. The lowest BCUT2D eigenvalue weighted by atomic mass is 10.1. The number of ether oxygens (including phenoxy) is 2. The van der Waals surface area contributed by atoms with Gasteiger partial charge in [0.15, 0.2) is 6.29 Å². The molecule has 9 nitrogen and oxygen atoms in total. The zero-order valence-electron chi connectivity index (χ0n) is 17.4. The van der Waals surface area contributed by atoms with Gasteiger partial charge < -0.3 is 19.9 Å². The normalized spacial score (nSPS) is 17.4. The molecule has 2 aromatic carbocycles. The molecule has 3 rings (SSSR count). The minimum atomic E-state index is -3.97. The van der Waals surface area contributed by atoms with Crippen LogP contribution in [0.25, 0.3) is 0 Å². The number of hydrogen-bond acceptors (Lipinski definition) is 6. The summed E-state index contributed by atoms with van der Waals surface area (Å²) in [5.74, 6) is -1.56. The molecule has 1 amide bonds. The summed E-state index contributed by atoms with van der Waals surface area (Å²) in [5.41, 5.74) is 0.983. The van der Waals surface area contributed by atoms with Gasteiger partial charge in [-0.1, -0.05) is 30.3 Å². The maximum atomic E-state index is 12.9. The number of carbonyl (C=O) groups is 2. The van der Waals surface area contributed by atoms with Crippen LogP contribution in [0.1, 0.15) is 24.8 Å². The summed E-state index contributed by atoms with van der Waals surface area (Å²) in [5, 5.41) is 11.5. The van der Waals surface area contributed by atoms with E-state index in [9.17, 15) is 18.0 Å². The average Bonchev–Trinajstić information content (AvgIpc) is 2.79. The van der Waals surface area contributed by atoms with E-state index in [1.54, 1.807) is 42.5 Å². The van der Waals surface area contributed by atoms with Crippen LogP contribution in [-0.2, 0) is 35.5 Å². The molecule has 0 aromatic heterocycles. The van der Waals surface area contributed by atoms with Crippen LogP contribution in [0.5, 0.6) is 0 Å². The number of carboxylic acids is 1. The summed E-state index contributed by atoms with van der Waals surface area (Å²) in [4.78, 5) is 23.8. The third-order valence-electron chi connectivity index (χ3n) is 4.83. The average molecular weight is 463 g/mol. The predicted molar refractivity (Wildman–Crippen MR) is 117 cm³/mol. The summed E-state index contributed by atoms with van der Waals surface area (Å²) < 4.78 is 39.1. The second kappa shape index (κ2) is 11.2. The maximum absolute atomic E-state index is 12.9. The molecule has 0 saturated carbocycles. The molecular formula is C22H26N2O7S. The Labute approximate surface area is 186 Å². The van der Waals surface area contributed by atoms with Gasteiger partial charge in [0.1, 0.15) is 6.04 Å². The maximum Gasteiger partial charge on any atom is 0.307 e. The minimum absolute atomic E-state index is 0.0322. The first-order chi connectivity index (χ1) is 15.3. The fourth-order valence-corrected chi connectivity index (χ4v) is 4.38. The number of anilines is 1. The van der Waals surface area contributed by atoms with E-state index in [1.165, 1.54) is 12.1 Å². The number of nitrogens with one attached hydrogen (secondary N) is 2. The van der Waals surface area contributed by atoms with Gasteiger partial charge in [0.25, 0.3) is 0 Å². The van der Waals surface area contributed by atoms with Crippen molar-refractivity contribution in [3.63, 3.8) is 0 Å². The highest BCUT2D eigenvalue weighted by Crippen LogP contribution is 2.16. The highest BCUT2D eigenvalue weighted by molar-refractivity contribution is 7.89. The summed E-state index contributed by atoms with van der Waals surface area (Å²) in [6.45, 7) is 0.347. The number of aliphatic carboxylic acids is 1. The van der Waals surface area contributed by atoms with Gasteiger partial charge in [0, 0.05) is 12.3 Å². The number of amides is 1. The van der Waals surface area contributed by atoms with Crippen LogP contribution in [0.2, 0.25) is 0 Å². The molecule has 10 heteroatoms. The van der Waals surface area contributed by atoms with Gasteiger partial charge in [-0.2, -0.15) is 4.72 Å². The Morgan fingerprint density at radius 3 is 2.44 bits per heavy atom. The van der Waals surface area contributed by atoms with Crippen LogP contribution >= 0.6 is 0 Å². The van der Waals surface area contributed by atoms with Crippen molar-refractivity contribution < 1.29 is 32.6 Å². The third kappa shape index (κ3) is 7.13. The van der Waals surface area contributed by atoms with Crippen molar-refractivity contribution in [2.75, 3.05) is 18.5 Å². The van der Waals surface area contributed by atoms with Crippen LogP contribution < -0.4 is 10.0 Å². The van der Waals surface area contributed by atoms with Crippen LogP contribution in [-0.4, -0.2) is 50.9 Å². The molecule has 2 atom stereocenters. The summed E-state index contributed by atoms with van der Waals surface area (Å²) in [6, 6.07) is 12.8. The minimum Gasteiger partial charge on any atom is -0.481 e. The van der Waals surface area contributed by atoms with E-state index in [4.69, 9.17) is 14.6 Å². The number of hydrogen-bond donors (Lipinski definition) is 3. The number of rotatable bonds is 10. The van der Waals surface area contributed by atoms with E-state index in [2.05, 4.69) is 10.0 Å². The Bertz CT molecular complexity index is 1000. The molecule has 32 heavy (non-hydrogen) atoms. The first-order valence-corrected chi connectivity index (χ1v) is 11.7. The number of sulfonamides is 1. The highest BCUT2D eigenvalue weighted by Gasteiger charge is 2.28. The summed E-state index contributed by atoms with van der Waals surface area (Å²) in [7, 11) is -3.97. The molecule has 2 unspecified atom stereocenters. The summed E-state index contributed by atoms with van der Waals surface area (Å²) >= 11 is 0. The van der Waals surface area contributed by atoms with Crippen molar-refractivity contribution in [3.05, 3.63) is 60.2 Å². The molecule has 0 aliphatic carbocycles. The monoisotopic (exact) mass is 462 g/mol. The number of carboxylic acid groups (broad SMARTS) is 1. The van der Waals surface area contributed by atoms with Crippen molar-refractivity contribution >= 4 is 27.6 Å². The molecule has 1 aliphatic rings. The number of benzene rings is 2. The second-order valence-corrected chi connectivity index (χ2v) is 9.09. The predicted octanol–water partition coefficient (Wildman–Crippen LogP) is 2.14. The summed E-state index contributed by atoms with van der Waals surface area (Å²) in [6.07, 6.45) is 1.91. The topological polar surface area (TPSA) is 131 Å². The van der Waals surface area contributed by atoms with Gasteiger partial charge in [-0.3, -0.25) is 9.59 Å². The first-order valence-electron chi connectivity index (χ1n) is 10.3. The molecule has 1 fully saturated rings. The van der Waals surface area contributed by atoms with Crippen LogP contribution in [0.4, 0.5) is 5.69 Å². The lowest BCUT2D eigenvalue weighted by molar-refractivity contribution is -0.166. The Kier molecular flexibility index (Phi) is 8.34. The first kappa shape index (κ1) is 23.9. The Hall–Kier alpha value is -2.79. The van der Waals surface area contributed by atoms with Gasteiger partial charge in [-0.15, -0.1) is 0 Å². The Balaban J connectivity index is 1.71. The van der Waals surface area contributed by atoms with Gasteiger partial charge in [0.2, 0.25) is 15.9 Å². The quantitative estimate of drug-likeness (QED) is 0.493. The Morgan fingerprint density at radius 2 is 1.81 bits per heavy atom. The standard InChI is InChI=1S/C22H26N2O7S/c25-20(26)14-16-9-11-17(12-10-16)23-22(27)19(15-31-21-8-4-5-13-30-21)24-32(28,29)18-6-2-1-3-7-18/h1-3,6-7,9-12,19,21,24H,4-5,8,13-15H2,(H,23,27)(H,25,26). The molecule has 1 saturated heterocycles. The van der Waals surface area contributed by atoms with Gasteiger partial charge >= 0.3 is 5.97 Å². The highest BCUT2D eigenvalue weighted by atomic mass is 32.2. The molecule has 0 spiro atoms. The van der Waals surface area contributed by atoms with E-state index in [1.807, 2.05) is 0 Å². The molecule has 0 radical (unpaired) electrons. The number of carbonyl (C=O) groups excluding carboxylic acids is 1. The van der Waals surface area contributed by atoms with Gasteiger partial charge in [0.05, 0.1) is 17.9 Å². The fourth-order valence-electron chi connectivity index (χ4n) is 3.17. The van der Waals surface area contributed by atoms with Crippen molar-refractivity contribution in [2.24, 2.45) is 0 Å². The third-order valence-corrected chi connectivity index (χ3v) is 6.32. The van der Waals surface area contributed by atoms with E-state index < -0.39 is 34.2 Å². The Morgan fingerprint density at radius 1 is 1.09 bits per heavy atom. The van der Waals surface area contributed by atoms with Gasteiger partial charge in [-0.05, 0) is 49.1 Å². The van der Waals surface area contributed by atoms with E-state index in [-0.39, 0.29) is 17.9 Å². The van der Waals surface area contributed by atoms with E-state index >= 15 is 0 Å². The molecule has 1 heterocycles. The zero-order valence-corrected chi connectivity index (χ0v) is 18.2. The lowest BCUT2D eigenvalue weighted by Gasteiger charge is -2.25. The molecule has 172 valence electrons. The van der Waals surface area contributed by atoms with Crippen molar-refractivity contribution in [3.8, 4) is 0 Å².